The maximum absolute atomic E-state index is 13.1. The van der Waals surface area contributed by atoms with Crippen LogP contribution < -0.4 is 10.6 Å². The lowest BCUT2D eigenvalue weighted by molar-refractivity contribution is -0.115. The minimum atomic E-state index is -0.0972. The molecule has 4 aromatic carbocycles. The van der Waals surface area contributed by atoms with Crippen molar-refractivity contribution in [3.8, 4) is 0 Å². The zero-order chi connectivity index (χ0) is 27.1. The smallest absolute Gasteiger partial charge is 0.161 e. The van der Waals surface area contributed by atoms with Gasteiger partial charge in [0.05, 0.1) is 11.4 Å². The van der Waals surface area contributed by atoms with Gasteiger partial charge in [0.1, 0.15) is 0 Å². The lowest BCUT2D eigenvalue weighted by Gasteiger charge is -2.33. The normalized spacial score (nSPS) is 21.1. The molecule has 2 heterocycles. The lowest BCUT2D eigenvalue weighted by Crippen LogP contribution is -2.21. The molecule has 40 heavy (non-hydrogen) atoms. The van der Waals surface area contributed by atoms with E-state index in [0.29, 0.717) is 12.8 Å². The monoisotopic (exact) mass is 650 g/mol. The molecule has 2 aliphatic heterocycles. The number of anilines is 2. The minimum Gasteiger partial charge on any atom is -0.358 e. The lowest BCUT2D eigenvalue weighted by atomic mass is 9.77. The Balaban J connectivity index is 1.34. The van der Waals surface area contributed by atoms with Crippen molar-refractivity contribution >= 4 is 65.6 Å². The molecule has 0 spiro atoms. The Morgan fingerprint density at radius 3 is 1.32 bits per heavy atom. The molecule has 8 rings (SSSR count). The molecule has 2 atom stereocenters. The van der Waals surface area contributed by atoms with E-state index in [1.165, 1.54) is 0 Å². The van der Waals surface area contributed by atoms with Crippen LogP contribution in [-0.4, -0.2) is 11.6 Å². The summed E-state index contributed by atoms with van der Waals surface area (Å²) < 4.78 is 2.04. The third kappa shape index (κ3) is 3.55. The van der Waals surface area contributed by atoms with Crippen LogP contribution in [0.1, 0.15) is 59.8 Å². The fourth-order valence-corrected chi connectivity index (χ4v) is 7.63. The summed E-state index contributed by atoms with van der Waals surface area (Å²) in [5.41, 5.74) is 10.5. The predicted molar refractivity (Wildman–Crippen MR) is 166 cm³/mol. The summed E-state index contributed by atoms with van der Waals surface area (Å²) in [7, 11) is 0. The third-order valence-corrected chi connectivity index (χ3v) is 9.94. The first kappa shape index (κ1) is 24.3. The molecule has 4 nitrogen and oxygen atoms in total. The SMILES string of the molecule is O=C1CCC2=C1C(c1ccc(Br)cc1)c1ccc3c4c(ccc3c1N2)C(c1ccc(Br)cc1)C1=C(CCC1=O)N4. The van der Waals surface area contributed by atoms with Gasteiger partial charge < -0.3 is 10.6 Å². The Bertz CT molecular complexity index is 1720. The number of Topliss-reactive ketones (excluding diaryl/α,β-unsaturated/α-hetero) is 2. The van der Waals surface area contributed by atoms with Crippen LogP contribution in [0.5, 0.6) is 0 Å². The highest BCUT2D eigenvalue weighted by atomic mass is 79.9. The largest absolute Gasteiger partial charge is 0.358 e. The molecule has 0 amide bonds. The summed E-state index contributed by atoms with van der Waals surface area (Å²) in [6.07, 6.45) is 2.58. The summed E-state index contributed by atoms with van der Waals surface area (Å²) in [5, 5.41) is 9.66. The second-order valence-corrected chi connectivity index (χ2v) is 12.8. The van der Waals surface area contributed by atoms with Crippen LogP contribution in [0.25, 0.3) is 10.8 Å². The van der Waals surface area contributed by atoms with E-state index in [4.69, 9.17) is 0 Å². The topological polar surface area (TPSA) is 58.2 Å². The number of allylic oxidation sites excluding steroid dienone is 4. The summed E-state index contributed by atoms with van der Waals surface area (Å²) >= 11 is 7.12. The standard InChI is InChI=1S/C34H24Br2N2O2/c35-19-5-1-17(2-6-19)29-23-11-9-22-21(33(23)37-25-13-15-27(39)31(25)29)10-12-24-30(18-3-7-20(36)8-4-18)32-26(38-34(22)24)14-16-28(32)40/h1-12,29-30,37-38H,13-16H2. The van der Waals surface area contributed by atoms with Crippen molar-refractivity contribution in [1.82, 2.24) is 0 Å². The van der Waals surface area contributed by atoms with Gasteiger partial charge in [0.25, 0.3) is 0 Å². The molecule has 0 saturated heterocycles. The molecule has 2 N–H and O–H groups in total. The van der Waals surface area contributed by atoms with Crippen molar-refractivity contribution < 1.29 is 9.59 Å². The van der Waals surface area contributed by atoms with Gasteiger partial charge in [-0.2, -0.15) is 0 Å². The zero-order valence-electron chi connectivity index (χ0n) is 21.5. The number of hydrogen-bond donors (Lipinski definition) is 2. The molecular formula is C34H24Br2N2O2. The van der Waals surface area contributed by atoms with E-state index in [2.05, 4.69) is 115 Å². The number of ketones is 2. The van der Waals surface area contributed by atoms with Crippen molar-refractivity contribution in [3.05, 3.63) is 127 Å². The molecule has 0 radical (unpaired) electrons. The van der Waals surface area contributed by atoms with Gasteiger partial charge in [-0.3, -0.25) is 9.59 Å². The van der Waals surface area contributed by atoms with E-state index in [1.807, 2.05) is 0 Å². The van der Waals surface area contributed by atoms with Gasteiger partial charge in [-0.15, -0.1) is 0 Å². The molecular weight excluding hydrogens is 628 g/mol. The quantitative estimate of drug-likeness (QED) is 0.228. The third-order valence-electron chi connectivity index (χ3n) is 8.88. The molecule has 6 heteroatoms. The van der Waals surface area contributed by atoms with E-state index in [1.54, 1.807) is 0 Å². The summed E-state index contributed by atoms with van der Waals surface area (Å²) in [6.45, 7) is 0. The van der Waals surface area contributed by atoms with Crippen molar-refractivity contribution in [2.24, 2.45) is 0 Å². The summed E-state index contributed by atoms with van der Waals surface area (Å²) in [6, 6.07) is 25.4. The fourth-order valence-electron chi connectivity index (χ4n) is 7.10. The van der Waals surface area contributed by atoms with E-state index < -0.39 is 0 Å². The van der Waals surface area contributed by atoms with E-state index >= 15 is 0 Å². The molecule has 0 saturated carbocycles. The van der Waals surface area contributed by atoms with Crippen LogP contribution in [0.3, 0.4) is 0 Å². The first-order chi connectivity index (χ1) is 19.5. The number of hydrogen-bond acceptors (Lipinski definition) is 4. The number of rotatable bonds is 2. The van der Waals surface area contributed by atoms with Crippen LogP contribution in [-0.2, 0) is 9.59 Å². The molecule has 2 unspecified atom stereocenters. The van der Waals surface area contributed by atoms with Crippen LogP contribution in [0.15, 0.2) is 104 Å². The Hall–Kier alpha value is -3.48. The first-order valence-electron chi connectivity index (χ1n) is 13.6. The molecule has 4 aromatic rings. The molecule has 4 aliphatic rings. The number of carbonyl (C=O) groups is 2. The van der Waals surface area contributed by atoms with Gasteiger partial charge in [0.15, 0.2) is 11.6 Å². The van der Waals surface area contributed by atoms with Crippen LogP contribution >= 0.6 is 31.9 Å². The van der Waals surface area contributed by atoms with Gasteiger partial charge in [0, 0.05) is 66.9 Å². The van der Waals surface area contributed by atoms with Gasteiger partial charge in [-0.25, -0.2) is 0 Å². The van der Waals surface area contributed by atoms with Crippen LogP contribution in [0.4, 0.5) is 11.4 Å². The van der Waals surface area contributed by atoms with Gasteiger partial charge >= 0.3 is 0 Å². The van der Waals surface area contributed by atoms with E-state index in [-0.39, 0.29) is 23.4 Å². The average Bonchev–Trinajstić information content (AvgIpc) is 3.53. The van der Waals surface area contributed by atoms with E-state index in [0.717, 1.165) is 88.7 Å². The molecule has 2 aliphatic carbocycles. The second kappa shape index (κ2) is 9.02. The Morgan fingerprint density at radius 1 is 0.525 bits per heavy atom. The second-order valence-electron chi connectivity index (χ2n) is 11.0. The Kier molecular flexibility index (Phi) is 5.48. The number of carbonyl (C=O) groups excluding carboxylic acids is 2. The number of nitrogens with one attached hydrogen (secondary N) is 2. The summed E-state index contributed by atoms with van der Waals surface area (Å²) in [4.78, 5) is 26.2. The Morgan fingerprint density at radius 2 is 0.925 bits per heavy atom. The molecule has 0 fully saturated rings. The number of fused-ring (bicyclic) bond motifs is 5. The van der Waals surface area contributed by atoms with Crippen molar-refractivity contribution in [3.63, 3.8) is 0 Å². The highest BCUT2D eigenvalue weighted by Crippen LogP contribution is 2.52. The Labute approximate surface area is 248 Å². The van der Waals surface area contributed by atoms with E-state index in [9.17, 15) is 9.59 Å². The maximum atomic E-state index is 13.1. The fraction of sp³-hybridized carbons (Fsp3) is 0.176. The minimum absolute atomic E-state index is 0.0972. The van der Waals surface area contributed by atoms with Crippen LogP contribution in [0, 0.1) is 0 Å². The van der Waals surface area contributed by atoms with Crippen molar-refractivity contribution in [1.29, 1.82) is 0 Å². The molecule has 196 valence electrons. The predicted octanol–water partition coefficient (Wildman–Crippen LogP) is 8.71. The number of halogens is 2. The summed E-state index contributed by atoms with van der Waals surface area (Å²) in [5.74, 6) is 0.270. The zero-order valence-corrected chi connectivity index (χ0v) is 24.7. The average molecular weight is 652 g/mol. The van der Waals surface area contributed by atoms with Crippen LogP contribution in [0.2, 0.25) is 0 Å². The first-order valence-corrected chi connectivity index (χ1v) is 15.2. The number of benzene rings is 4. The van der Waals surface area contributed by atoms with Gasteiger partial charge in [-0.1, -0.05) is 80.4 Å². The van der Waals surface area contributed by atoms with Crippen molar-refractivity contribution in [2.45, 2.75) is 37.5 Å². The van der Waals surface area contributed by atoms with Gasteiger partial charge in [-0.05, 0) is 59.4 Å². The molecule has 0 aromatic heterocycles. The maximum Gasteiger partial charge on any atom is 0.161 e. The highest BCUT2D eigenvalue weighted by molar-refractivity contribution is 9.10. The molecule has 0 bridgehead atoms. The van der Waals surface area contributed by atoms with Gasteiger partial charge in [0.2, 0.25) is 0 Å². The van der Waals surface area contributed by atoms with Crippen molar-refractivity contribution in [2.75, 3.05) is 10.6 Å². The highest BCUT2D eigenvalue weighted by Gasteiger charge is 2.40.